The second-order valence-electron chi connectivity index (χ2n) is 2.79. The van der Waals surface area contributed by atoms with E-state index in [4.69, 9.17) is 0 Å². The van der Waals surface area contributed by atoms with Crippen molar-refractivity contribution in [3.05, 3.63) is 0 Å². The molecule has 0 N–H and O–H groups in total. The molecule has 1 nitrogen and oxygen atoms in total. The lowest BCUT2D eigenvalue weighted by Crippen LogP contribution is -2.27. The van der Waals surface area contributed by atoms with Crippen LogP contribution in [0.1, 0.15) is 32.6 Å². The maximum Gasteiger partial charge on any atom is 0.445 e. The maximum atomic E-state index is 12.1. The highest BCUT2D eigenvalue weighted by Gasteiger charge is 2.41. The lowest BCUT2D eigenvalue weighted by Gasteiger charge is -2.12. The quantitative estimate of drug-likeness (QED) is 0.473. The van der Waals surface area contributed by atoms with E-state index < -0.39 is 12.5 Å². The Morgan fingerprint density at radius 3 is 2.23 bits per heavy atom. The van der Waals surface area contributed by atoms with Gasteiger partial charge in [-0.2, -0.15) is 13.2 Å². The van der Waals surface area contributed by atoms with Crippen molar-refractivity contribution in [2.45, 2.75) is 45.1 Å². The predicted octanol–water partition coefficient (Wildman–Crippen LogP) is 3.44. The number of ether oxygens (including phenoxy) is 1. The van der Waals surface area contributed by atoms with Gasteiger partial charge in [0, 0.05) is 0 Å². The Labute approximate surface area is 75.1 Å². The Balaban J connectivity index is 3.32. The summed E-state index contributed by atoms with van der Waals surface area (Å²) in [4.78, 5) is 0. The predicted molar refractivity (Wildman–Crippen MR) is 41.0 cm³/mol. The number of halogens is 4. The molecule has 0 radical (unpaired) electrons. The third kappa shape index (κ3) is 6.81. The number of hydrogen-bond donors (Lipinski definition) is 0. The molecule has 0 aliphatic rings. The molecule has 0 aromatic heterocycles. The smallest absolute Gasteiger partial charge is 0.341 e. The highest BCUT2D eigenvalue weighted by atomic mass is 19.4. The largest absolute Gasteiger partial charge is 0.445 e. The van der Waals surface area contributed by atoms with E-state index in [1.165, 1.54) is 0 Å². The van der Waals surface area contributed by atoms with Crippen LogP contribution in [0.5, 0.6) is 0 Å². The lowest BCUT2D eigenvalue weighted by atomic mass is 10.2. The molecule has 1 unspecified atom stereocenters. The van der Waals surface area contributed by atoms with Crippen LogP contribution in [0, 0.1) is 0 Å². The topological polar surface area (TPSA) is 9.23 Å². The van der Waals surface area contributed by atoms with Crippen LogP contribution in [0.15, 0.2) is 0 Å². The van der Waals surface area contributed by atoms with Gasteiger partial charge in [0.25, 0.3) is 6.36 Å². The molecule has 0 heterocycles. The van der Waals surface area contributed by atoms with Gasteiger partial charge in [-0.3, -0.25) is 0 Å². The van der Waals surface area contributed by atoms with E-state index >= 15 is 0 Å². The summed E-state index contributed by atoms with van der Waals surface area (Å²) < 4.78 is 50.6. The Hall–Kier alpha value is -0.320. The third-order valence-electron chi connectivity index (χ3n) is 1.52. The fourth-order valence-electron chi connectivity index (χ4n) is 0.810. The maximum absolute atomic E-state index is 12.1. The highest BCUT2D eigenvalue weighted by Crippen LogP contribution is 2.23. The average molecular weight is 202 g/mol. The molecule has 0 aromatic rings. The van der Waals surface area contributed by atoms with Gasteiger partial charge in [-0.15, -0.1) is 0 Å². The minimum atomic E-state index is -4.88. The first-order valence-corrected chi connectivity index (χ1v) is 4.31. The average Bonchev–Trinajstić information content (AvgIpc) is 2.02. The van der Waals surface area contributed by atoms with Gasteiger partial charge in [-0.1, -0.05) is 26.2 Å². The van der Waals surface area contributed by atoms with E-state index in [0.29, 0.717) is 6.42 Å². The van der Waals surface area contributed by atoms with Crippen LogP contribution in [-0.2, 0) is 4.74 Å². The molecule has 0 saturated heterocycles. The molecule has 13 heavy (non-hydrogen) atoms. The van der Waals surface area contributed by atoms with E-state index in [0.717, 1.165) is 19.3 Å². The standard InChI is InChI=1S/C8H14F4O/c1-2-3-4-5-6-13-7(9)8(10,11)12/h7H,2-6H2,1H3. The normalized spacial score (nSPS) is 14.5. The molecule has 0 spiro atoms. The van der Waals surface area contributed by atoms with Crippen molar-refractivity contribution in [2.75, 3.05) is 6.61 Å². The Morgan fingerprint density at radius 1 is 1.15 bits per heavy atom. The van der Waals surface area contributed by atoms with Crippen LogP contribution in [-0.4, -0.2) is 19.1 Å². The molecule has 1 atom stereocenters. The van der Waals surface area contributed by atoms with E-state index in [1.807, 2.05) is 6.92 Å². The van der Waals surface area contributed by atoms with E-state index in [1.54, 1.807) is 0 Å². The van der Waals surface area contributed by atoms with Crippen LogP contribution in [0.25, 0.3) is 0 Å². The van der Waals surface area contributed by atoms with Gasteiger partial charge in [0.05, 0.1) is 6.61 Å². The van der Waals surface area contributed by atoms with Crippen LogP contribution in [0.4, 0.5) is 17.6 Å². The molecular weight excluding hydrogens is 188 g/mol. The summed E-state index contributed by atoms with van der Waals surface area (Å²) in [5.41, 5.74) is 0. The summed E-state index contributed by atoms with van der Waals surface area (Å²) in [7, 11) is 0. The monoisotopic (exact) mass is 202 g/mol. The van der Waals surface area contributed by atoms with E-state index in [9.17, 15) is 17.6 Å². The Morgan fingerprint density at radius 2 is 1.77 bits per heavy atom. The fourth-order valence-corrected chi connectivity index (χ4v) is 0.810. The Kier molecular flexibility index (Phi) is 6.03. The highest BCUT2D eigenvalue weighted by molar-refractivity contribution is 4.53. The van der Waals surface area contributed by atoms with Gasteiger partial charge < -0.3 is 4.74 Å². The van der Waals surface area contributed by atoms with Crippen molar-refractivity contribution in [3.8, 4) is 0 Å². The number of alkyl halides is 4. The summed E-state index contributed by atoms with van der Waals surface area (Å²) in [6, 6.07) is 0. The molecular formula is C8H14F4O. The second kappa shape index (κ2) is 6.18. The van der Waals surface area contributed by atoms with Gasteiger partial charge in [0.1, 0.15) is 0 Å². The first kappa shape index (κ1) is 12.7. The van der Waals surface area contributed by atoms with Crippen molar-refractivity contribution in [1.82, 2.24) is 0 Å². The summed E-state index contributed by atoms with van der Waals surface area (Å²) in [6.45, 7) is 1.81. The van der Waals surface area contributed by atoms with Crippen molar-refractivity contribution in [1.29, 1.82) is 0 Å². The molecule has 5 heteroatoms. The van der Waals surface area contributed by atoms with Gasteiger partial charge >= 0.3 is 6.18 Å². The van der Waals surface area contributed by atoms with E-state index in [-0.39, 0.29) is 6.61 Å². The minimum Gasteiger partial charge on any atom is -0.341 e. The molecule has 0 aliphatic carbocycles. The molecule has 80 valence electrons. The Bertz CT molecular complexity index is 124. The number of hydrogen-bond acceptors (Lipinski definition) is 1. The van der Waals surface area contributed by atoms with Crippen molar-refractivity contribution < 1.29 is 22.3 Å². The van der Waals surface area contributed by atoms with Crippen LogP contribution in [0.2, 0.25) is 0 Å². The van der Waals surface area contributed by atoms with Crippen LogP contribution < -0.4 is 0 Å². The van der Waals surface area contributed by atoms with Gasteiger partial charge in [0.15, 0.2) is 0 Å². The minimum absolute atomic E-state index is 0.166. The zero-order valence-electron chi connectivity index (χ0n) is 7.53. The number of unbranched alkanes of at least 4 members (excludes halogenated alkanes) is 3. The summed E-state index contributed by atoms with van der Waals surface area (Å²) in [5, 5.41) is 0. The third-order valence-corrected chi connectivity index (χ3v) is 1.52. The molecule has 0 amide bonds. The van der Waals surface area contributed by atoms with Gasteiger partial charge in [-0.05, 0) is 6.42 Å². The fraction of sp³-hybridized carbons (Fsp3) is 1.00. The van der Waals surface area contributed by atoms with Crippen molar-refractivity contribution >= 4 is 0 Å². The SMILES string of the molecule is CCCCCCOC(F)C(F)(F)F. The van der Waals surface area contributed by atoms with Crippen LogP contribution >= 0.6 is 0 Å². The first-order chi connectivity index (χ1) is 5.98. The molecule has 0 rings (SSSR count). The first-order valence-electron chi connectivity index (χ1n) is 4.31. The van der Waals surface area contributed by atoms with Gasteiger partial charge in [-0.25, -0.2) is 4.39 Å². The van der Waals surface area contributed by atoms with Crippen molar-refractivity contribution in [2.24, 2.45) is 0 Å². The molecule has 0 aliphatic heterocycles. The summed E-state index contributed by atoms with van der Waals surface area (Å²) in [6.07, 6.45) is -4.84. The lowest BCUT2D eigenvalue weighted by molar-refractivity contribution is -0.264. The second-order valence-corrected chi connectivity index (χ2v) is 2.79. The summed E-state index contributed by atoms with van der Waals surface area (Å²) >= 11 is 0. The van der Waals surface area contributed by atoms with E-state index in [2.05, 4.69) is 4.74 Å². The molecule has 0 fully saturated rings. The molecule has 0 bridgehead atoms. The van der Waals surface area contributed by atoms with Crippen molar-refractivity contribution in [3.63, 3.8) is 0 Å². The van der Waals surface area contributed by atoms with Gasteiger partial charge in [0.2, 0.25) is 0 Å². The molecule has 0 saturated carbocycles. The van der Waals surface area contributed by atoms with Crippen LogP contribution in [0.3, 0.4) is 0 Å². The zero-order chi connectivity index (χ0) is 10.3. The molecule has 0 aromatic carbocycles. The zero-order valence-corrected chi connectivity index (χ0v) is 7.53. The summed E-state index contributed by atoms with van der Waals surface area (Å²) in [5.74, 6) is 0. The number of rotatable bonds is 6.